The van der Waals surface area contributed by atoms with Crippen molar-refractivity contribution < 1.29 is 22.0 Å². The average molecular weight is 250 g/mol. The van der Waals surface area contributed by atoms with Gasteiger partial charge in [0, 0.05) is 11.3 Å². The Bertz CT molecular complexity index is 459. The van der Waals surface area contributed by atoms with E-state index in [2.05, 4.69) is 4.98 Å². The second kappa shape index (κ2) is 4.65. The van der Waals surface area contributed by atoms with Gasteiger partial charge in [0.1, 0.15) is 5.69 Å². The molecule has 0 spiro atoms. The highest BCUT2D eigenvalue weighted by atomic mass is 19.4. The molecule has 1 aromatic heterocycles. The predicted octanol–water partition coefficient (Wildman–Crippen LogP) is 3.41. The van der Waals surface area contributed by atoms with Crippen molar-refractivity contribution in [3.05, 3.63) is 28.6 Å². The summed E-state index contributed by atoms with van der Waals surface area (Å²) in [5.74, 6) is 0. The summed E-state index contributed by atoms with van der Waals surface area (Å²) >= 11 is 0. The third kappa shape index (κ3) is 2.90. The van der Waals surface area contributed by atoms with Crippen LogP contribution in [0, 0.1) is 18.3 Å². The van der Waals surface area contributed by atoms with Crippen LogP contribution < -0.4 is 0 Å². The highest BCUT2D eigenvalue weighted by Gasteiger charge is 2.36. The van der Waals surface area contributed by atoms with Crippen molar-refractivity contribution in [2.45, 2.75) is 25.9 Å². The lowest BCUT2D eigenvalue weighted by molar-refractivity contribution is -0.138. The van der Waals surface area contributed by atoms with Gasteiger partial charge < -0.3 is 0 Å². The molecule has 1 aromatic rings. The van der Waals surface area contributed by atoms with Crippen LogP contribution in [0.1, 0.15) is 28.9 Å². The molecule has 0 saturated carbocycles. The molecule has 92 valence electrons. The fourth-order valence-corrected chi connectivity index (χ4v) is 1.42. The molecular formula is C10H7F5N2. The third-order valence-electron chi connectivity index (χ3n) is 2.05. The molecule has 0 aromatic carbocycles. The largest absolute Gasteiger partial charge is 0.416 e. The van der Waals surface area contributed by atoms with Crippen LogP contribution in [0.25, 0.3) is 0 Å². The van der Waals surface area contributed by atoms with Gasteiger partial charge in [-0.05, 0) is 13.0 Å². The number of rotatable bonds is 2. The van der Waals surface area contributed by atoms with E-state index in [1.807, 2.05) is 0 Å². The van der Waals surface area contributed by atoms with E-state index in [0.717, 1.165) is 0 Å². The molecule has 0 radical (unpaired) electrons. The minimum atomic E-state index is -4.77. The smallest absolute Gasteiger partial charge is 0.252 e. The quantitative estimate of drug-likeness (QED) is 0.754. The fourth-order valence-electron chi connectivity index (χ4n) is 1.42. The standard InChI is InChI=1S/C10H7F5N2/c1-5-4-7(10(13,14)15)6(2-3-16)8(17-5)9(11)12/h4,9H,2H2,1H3. The molecule has 0 atom stereocenters. The zero-order valence-corrected chi connectivity index (χ0v) is 8.65. The Balaban J connectivity index is 3.53. The molecule has 0 N–H and O–H groups in total. The number of aromatic nitrogens is 1. The van der Waals surface area contributed by atoms with E-state index in [-0.39, 0.29) is 5.69 Å². The zero-order chi connectivity index (χ0) is 13.2. The van der Waals surface area contributed by atoms with E-state index in [9.17, 15) is 22.0 Å². The zero-order valence-electron chi connectivity index (χ0n) is 8.65. The van der Waals surface area contributed by atoms with Crippen molar-refractivity contribution in [3.63, 3.8) is 0 Å². The number of pyridine rings is 1. The first-order valence-electron chi connectivity index (χ1n) is 4.50. The summed E-state index contributed by atoms with van der Waals surface area (Å²) in [6.07, 6.45) is -8.66. The molecule has 2 nitrogen and oxygen atoms in total. The number of hydrogen-bond donors (Lipinski definition) is 0. The van der Waals surface area contributed by atoms with Crippen LogP contribution in [0.5, 0.6) is 0 Å². The third-order valence-corrected chi connectivity index (χ3v) is 2.05. The summed E-state index contributed by atoms with van der Waals surface area (Å²) in [5, 5.41) is 8.40. The highest BCUT2D eigenvalue weighted by molar-refractivity contribution is 5.37. The van der Waals surface area contributed by atoms with Gasteiger partial charge in [-0.3, -0.25) is 4.98 Å². The number of halogens is 5. The normalized spacial score (nSPS) is 11.6. The van der Waals surface area contributed by atoms with Gasteiger partial charge in [-0.15, -0.1) is 0 Å². The Labute approximate surface area is 93.7 Å². The Morgan fingerprint density at radius 2 is 2.00 bits per heavy atom. The lowest BCUT2D eigenvalue weighted by Crippen LogP contribution is -2.14. The highest BCUT2D eigenvalue weighted by Crippen LogP contribution is 2.36. The molecule has 0 aliphatic heterocycles. The minimum absolute atomic E-state index is 0.158. The molecule has 0 saturated heterocycles. The lowest BCUT2D eigenvalue weighted by Gasteiger charge is -2.15. The van der Waals surface area contributed by atoms with Crippen LogP contribution in [0.2, 0.25) is 0 Å². The van der Waals surface area contributed by atoms with E-state index in [0.29, 0.717) is 6.07 Å². The molecule has 0 unspecified atom stereocenters. The van der Waals surface area contributed by atoms with E-state index in [1.54, 1.807) is 0 Å². The molecule has 17 heavy (non-hydrogen) atoms. The summed E-state index contributed by atoms with van der Waals surface area (Å²) in [6, 6.07) is 2.10. The number of nitriles is 1. The van der Waals surface area contributed by atoms with Gasteiger partial charge in [-0.2, -0.15) is 18.4 Å². The van der Waals surface area contributed by atoms with Gasteiger partial charge in [0.2, 0.25) is 0 Å². The van der Waals surface area contributed by atoms with Gasteiger partial charge in [-0.25, -0.2) is 8.78 Å². The lowest BCUT2D eigenvalue weighted by atomic mass is 10.0. The van der Waals surface area contributed by atoms with Crippen molar-refractivity contribution in [1.29, 1.82) is 5.26 Å². The second-order valence-electron chi connectivity index (χ2n) is 3.31. The fraction of sp³-hybridized carbons (Fsp3) is 0.400. The maximum absolute atomic E-state index is 12.6. The molecule has 0 aliphatic rings. The summed E-state index contributed by atoms with van der Waals surface area (Å²) in [4.78, 5) is 3.36. The Morgan fingerprint density at radius 3 is 2.41 bits per heavy atom. The molecule has 0 fully saturated rings. The number of nitrogens with zero attached hydrogens (tertiary/aromatic N) is 2. The monoisotopic (exact) mass is 250 g/mol. The van der Waals surface area contributed by atoms with Crippen LogP contribution in [-0.4, -0.2) is 4.98 Å². The van der Waals surface area contributed by atoms with Crippen molar-refractivity contribution in [2.75, 3.05) is 0 Å². The molecule has 1 rings (SSSR count). The maximum Gasteiger partial charge on any atom is 0.416 e. The van der Waals surface area contributed by atoms with E-state index < -0.39 is 35.8 Å². The van der Waals surface area contributed by atoms with Crippen molar-refractivity contribution in [2.24, 2.45) is 0 Å². The van der Waals surface area contributed by atoms with Crippen LogP contribution >= 0.6 is 0 Å². The predicted molar refractivity (Wildman–Crippen MR) is 48.3 cm³/mol. The van der Waals surface area contributed by atoms with E-state index in [4.69, 9.17) is 5.26 Å². The first-order valence-corrected chi connectivity index (χ1v) is 4.50. The SMILES string of the molecule is Cc1cc(C(F)(F)F)c(CC#N)c(C(F)F)n1. The van der Waals surface area contributed by atoms with Crippen molar-refractivity contribution in [1.82, 2.24) is 4.98 Å². The Morgan fingerprint density at radius 1 is 1.41 bits per heavy atom. The second-order valence-corrected chi connectivity index (χ2v) is 3.31. The topological polar surface area (TPSA) is 36.7 Å². The van der Waals surface area contributed by atoms with Crippen LogP contribution in [0.4, 0.5) is 22.0 Å². The van der Waals surface area contributed by atoms with E-state index >= 15 is 0 Å². The van der Waals surface area contributed by atoms with Crippen molar-refractivity contribution in [3.8, 4) is 6.07 Å². The summed E-state index contributed by atoms with van der Waals surface area (Å²) in [6.45, 7) is 1.19. The van der Waals surface area contributed by atoms with Crippen molar-refractivity contribution >= 4 is 0 Å². The summed E-state index contributed by atoms with van der Waals surface area (Å²) in [7, 11) is 0. The molecule has 0 aliphatic carbocycles. The molecule has 7 heteroatoms. The minimum Gasteiger partial charge on any atom is -0.252 e. The number of aryl methyl sites for hydroxylation is 1. The molecular weight excluding hydrogens is 243 g/mol. The number of hydrogen-bond acceptors (Lipinski definition) is 2. The molecule has 0 bridgehead atoms. The Hall–Kier alpha value is -1.71. The average Bonchev–Trinajstić information content (AvgIpc) is 2.18. The molecule has 0 amide bonds. The van der Waals surface area contributed by atoms with E-state index in [1.165, 1.54) is 13.0 Å². The maximum atomic E-state index is 12.6. The first kappa shape index (κ1) is 13.4. The van der Waals surface area contributed by atoms with Crippen LogP contribution in [-0.2, 0) is 12.6 Å². The van der Waals surface area contributed by atoms with Gasteiger partial charge in [0.15, 0.2) is 0 Å². The van der Waals surface area contributed by atoms with Gasteiger partial charge >= 0.3 is 6.18 Å². The van der Waals surface area contributed by atoms with Gasteiger partial charge in [0.25, 0.3) is 6.43 Å². The molecule has 1 heterocycles. The van der Waals surface area contributed by atoms with Crippen LogP contribution in [0.15, 0.2) is 6.07 Å². The van der Waals surface area contributed by atoms with Crippen LogP contribution in [0.3, 0.4) is 0 Å². The van der Waals surface area contributed by atoms with Gasteiger partial charge in [-0.1, -0.05) is 0 Å². The number of alkyl halides is 5. The first-order chi connectivity index (χ1) is 7.77. The summed E-state index contributed by atoms with van der Waals surface area (Å²) in [5.41, 5.74) is -3.10. The Kier molecular flexibility index (Phi) is 3.66. The van der Waals surface area contributed by atoms with Gasteiger partial charge in [0.05, 0.1) is 18.1 Å². The summed E-state index contributed by atoms with van der Waals surface area (Å²) < 4.78 is 63.0.